The average molecular weight is 338 g/mol. The van der Waals surface area contributed by atoms with E-state index in [-0.39, 0.29) is 17.2 Å². The number of aromatic nitrogens is 2. The lowest BCUT2D eigenvalue weighted by molar-refractivity contribution is 0.0950. The summed E-state index contributed by atoms with van der Waals surface area (Å²) >= 11 is 0. The molecule has 0 bridgehead atoms. The zero-order valence-electron chi connectivity index (χ0n) is 14.1. The van der Waals surface area contributed by atoms with Crippen molar-refractivity contribution >= 4 is 22.4 Å². The van der Waals surface area contributed by atoms with Gasteiger partial charge in [0.25, 0.3) is 11.5 Å². The smallest absolute Gasteiger partial charge is 0.267 e. The molecule has 0 radical (unpaired) electrons. The number of amides is 1. The average Bonchev–Trinajstić information content (AvgIpc) is 2.66. The van der Waals surface area contributed by atoms with Crippen molar-refractivity contribution in [3.05, 3.63) is 40.3 Å². The van der Waals surface area contributed by atoms with E-state index in [4.69, 9.17) is 0 Å². The molecule has 2 atom stereocenters. The standard InChI is InChI=1S/C19H22N4O2/c24-18-16-8-4-3-7-15(16)17(21-22-18)19(25)23-20-14-10-9-12-5-1-2-6-13(12)11-14/h3-4,7-8,12-13H,1-2,5-6,9-11H2,(H,22,24)(H,23,25)/b20-14-/t12-,13+/m1/s1. The number of rotatable bonds is 2. The number of benzene rings is 1. The Balaban J connectivity index is 1.51. The lowest BCUT2D eigenvalue weighted by Crippen LogP contribution is -2.30. The van der Waals surface area contributed by atoms with E-state index in [0.29, 0.717) is 10.8 Å². The summed E-state index contributed by atoms with van der Waals surface area (Å²) < 4.78 is 0. The van der Waals surface area contributed by atoms with Gasteiger partial charge >= 0.3 is 0 Å². The summed E-state index contributed by atoms with van der Waals surface area (Å²) in [4.78, 5) is 24.3. The van der Waals surface area contributed by atoms with Crippen molar-refractivity contribution in [1.29, 1.82) is 0 Å². The number of nitrogens with one attached hydrogen (secondary N) is 2. The van der Waals surface area contributed by atoms with Gasteiger partial charge in [-0.1, -0.05) is 37.5 Å². The highest BCUT2D eigenvalue weighted by Gasteiger charge is 2.30. The Morgan fingerprint density at radius 3 is 2.72 bits per heavy atom. The van der Waals surface area contributed by atoms with Crippen LogP contribution in [0.1, 0.15) is 55.4 Å². The monoisotopic (exact) mass is 338 g/mol. The second-order valence-electron chi connectivity index (χ2n) is 7.11. The second-order valence-corrected chi connectivity index (χ2v) is 7.11. The number of carbonyl (C=O) groups is 1. The van der Waals surface area contributed by atoms with Crippen LogP contribution in [0.5, 0.6) is 0 Å². The van der Waals surface area contributed by atoms with Crippen molar-refractivity contribution in [2.24, 2.45) is 16.9 Å². The number of H-pyrrole nitrogens is 1. The Hall–Kier alpha value is -2.50. The molecule has 0 unspecified atom stereocenters. The lowest BCUT2D eigenvalue weighted by Gasteiger charge is -2.35. The van der Waals surface area contributed by atoms with Crippen LogP contribution in [-0.4, -0.2) is 21.8 Å². The number of hydrogen-bond donors (Lipinski definition) is 2. The lowest BCUT2D eigenvalue weighted by atomic mass is 9.70. The van der Waals surface area contributed by atoms with Crippen LogP contribution in [0.15, 0.2) is 34.2 Å². The summed E-state index contributed by atoms with van der Waals surface area (Å²) in [6.07, 6.45) is 8.43. The minimum Gasteiger partial charge on any atom is -0.267 e. The highest BCUT2D eigenvalue weighted by molar-refractivity contribution is 6.05. The highest BCUT2D eigenvalue weighted by atomic mass is 16.2. The molecule has 1 amide bonds. The molecule has 0 saturated heterocycles. The number of aromatic amines is 1. The van der Waals surface area contributed by atoms with Crippen LogP contribution >= 0.6 is 0 Å². The normalized spacial score (nSPS) is 24.9. The predicted molar refractivity (Wildman–Crippen MR) is 96.6 cm³/mol. The number of hydrazone groups is 1. The van der Waals surface area contributed by atoms with Crippen LogP contribution in [-0.2, 0) is 0 Å². The summed E-state index contributed by atoms with van der Waals surface area (Å²) in [5.41, 5.74) is 3.62. The van der Waals surface area contributed by atoms with E-state index in [9.17, 15) is 9.59 Å². The van der Waals surface area contributed by atoms with Gasteiger partial charge in [-0.3, -0.25) is 9.59 Å². The molecular weight excluding hydrogens is 316 g/mol. The van der Waals surface area contributed by atoms with E-state index in [1.165, 1.54) is 32.1 Å². The SMILES string of the molecule is O=C(N/N=C1/CC[C@H]2CCCC[C@H]2C1)c1n[nH]c(=O)c2ccccc12. The van der Waals surface area contributed by atoms with Gasteiger partial charge < -0.3 is 0 Å². The molecule has 2 aliphatic carbocycles. The van der Waals surface area contributed by atoms with Gasteiger partial charge in [0.15, 0.2) is 5.69 Å². The van der Waals surface area contributed by atoms with Crippen LogP contribution in [0.3, 0.4) is 0 Å². The van der Waals surface area contributed by atoms with E-state index < -0.39 is 0 Å². The van der Waals surface area contributed by atoms with E-state index >= 15 is 0 Å². The van der Waals surface area contributed by atoms with E-state index in [2.05, 4.69) is 20.7 Å². The summed E-state index contributed by atoms with van der Waals surface area (Å²) in [6, 6.07) is 6.97. The fraction of sp³-hybridized carbons (Fsp3) is 0.474. The zero-order valence-corrected chi connectivity index (χ0v) is 14.1. The largest absolute Gasteiger partial charge is 0.292 e. The first-order chi connectivity index (χ1) is 12.2. The first kappa shape index (κ1) is 16.0. The molecule has 1 aromatic carbocycles. The first-order valence-electron chi connectivity index (χ1n) is 9.05. The molecule has 2 saturated carbocycles. The van der Waals surface area contributed by atoms with Crippen LogP contribution in [0.25, 0.3) is 10.8 Å². The van der Waals surface area contributed by atoms with Gasteiger partial charge in [-0.2, -0.15) is 10.2 Å². The van der Waals surface area contributed by atoms with Crippen molar-refractivity contribution in [3.8, 4) is 0 Å². The summed E-state index contributed by atoms with van der Waals surface area (Å²) in [7, 11) is 0. The van der Waals surface area contributed by atoms with Gasteiger partial charge in [-0.25, -0.2) is 10.5 Å². The molecule has 25 heavy (non-hydrogen) atoms. The number of fused-ring (bicyclic) bond motifs is 2. The fourth-order valence-electron chi connectivity index (χ4n) is 4.26. The minimum atomic E-state index is -0.384. The zero-order chi connectivity index (χ0) is 17.2. The van der Waals surface area contributed by atoms with Crippen LogP contribution in [0.2, 0.25) is 0 Å². The van der Waals surface area contributed by atoms with E-state index in [1.54, 1.807) is 24.3 Å². The maximum atomic E-state index is 12.5. The maximum Gasteiger partial charge on any atom is 0.292 e. The molecule has 0 spiro atoms. The molecule has 0 aliphatic heterocycles. The van der Waals surface area contributed by atoms with Crippen LogP contribution < -0.4 is 11.0 Å². The van der Waals surface area contributed by atoms with Gasteiger partial charge in [0.05, 0.1) is 5.39 Å². The third-order valence-electron chi connectivity index (χ3n) is 5.59. The van der Waals surface area contributed by atoms with Crippen LogP contribution in [0, 0.1) is 11.8 Å². The minimum absolute atomic E-state index is 0.200. The Kier molecular flexibility index (Phi) is 4.34. The molecule has 2 aliphatic rings. The molecule has 4 rings (SSSR count). The maximum absolute atomic E-state index is 12.5. The highest BCUT2D eigenvalue weighted by Crippen LogP contribution is 2.39. The topological polar surface area (TPSA) is 87.2 Å². The second kappa shape index (κ2) is 6.78. The molecule has 1 heterocycles. The van der Waals surface area contributed by atoms with Gasteiger partial charge in [0.2, 0.25) is 0 Å². The molecule has 1 aromatic heterocycles. The molecule has 2 fully saturated rings. The number of nitrogens with zero attached hydrogens (tertiary/aromatic N) is 2. The third-order valence-corrected chi connectivity index (χ3v) is 5.59. The Bertz CT molecular complexity index is 886. The van der Waals surface area contributed by atoms with Crippen molar-refractivity contribution in [2.75, 3.05) is 0 Å². The van der Waals surface area contributed by atoms with Gasteiger partial charge in [-0.05, 0) is 43.6 Å². The number of carbonyl (C=O) groups excluding carboxylic acids is 1. The molecule has 6 nitrogen and oxygen atoms in total. The van der Waals surface area contributed by atoms with E-state index in [0.717, 1.165) is 30.4 Å². The van der Waals surface area contributed by atoms with Gasteiger partial charge in [0, 0.05) is 11.1 Å². The quantitative estimate of drug-likeness (QED) is 0.825. The van der Waals surface area contributed by atoms with Crippen molar-refractivity contribution in [1.82, 2.24) is 15.6 Å². The summed E-state index contributed by atoms with van der Waals surface area (Å²) in [6.45, 7) is 0. The third kappa shape index (κ3) is 3.21. The van der Waals surface area contributed by atoms with Crippen molar-refractivity contribution < 1.29 is 4.79 Å². The number of hydrogen-bond acceptors (Lipinski definition) is 4. The summed E-state index contributed by atoms with van der Waals surface area (Å²) in [5.74, 6) is 1.18. The van der Waals surface area contributed by atoms with Crippen molar-refractivity contribution in [3.63, 3.8) is 0 Å². The Morgan fingerprint density at radius 1 is 1.12 bits per heavy atom. The predicted octanol–water partition coefficient (Wildman–Crippen LogP) is 3.00. The first-order valence-corrected chi connectivity index (χ1v) is 9.05. The molecule has 6 heteroatoms. The van der Waals surface area contributed by atoms with E-state index in [1.807, 2.05) is 0 Å². The van der Waals surface area contributed by atoms with Gasteiger partial charge in [0.1, 0.15) is 0 Å². The Labute approximate surface area is 145 Å². The molecular formula is C19H22N4O2. The van der Waals surface area contributed by atoms with Crippen LogP contribution in [0.4, 0.5) is 0 Å². The molecule has 2 N–H and O–H groups in total. The fourth-order valence-corrected chi connectivity index (χ4v) is 4.26. The van der Waals surface area contributed by atoms with Gasteiger partial charge in [-0.15, -0.1) is 0 Å². The molecule has 2 aromatic rings. The Morgan fingerprint density at radius 2 is 1.88 bits per heavy atom. The summed E-state index contributed by atoms with van der Waals surface area (Å²) in [5, 5.41) is 11.7. The molecule has 130 valence electrons. The van der Waals surface area contributed by atoms with Crippen molar-refractivity contribution in [2.45, 2.75) is 44.9 Å².